The second kappa shape index (κ2) is 3.01. The highest BCUT2D eigenvalue weighted by atomic mass is 16.2. The second-order valence-electron chi connectivity index (χ2n) is 2.78. The molecule has 0 aliphatic carbocycles. The first kappa shape index (κ1) is 7.97. The van der Waals surface area contributed by atoms with Crippen molar-refractivity contribution >= 4 is 18.1 Å². The zero-order valence-electron chi connectivity index (χ0n) is 7.32. The Morgan fingerprint density at radius 1 is 1.69 bits per heavy atom. The van der Waals surface area contributed by atoms with Crippen molar-refractivity contribution in [3.8, 4) is 0 Å². The first-order valence-electron chi connectivity index (χ1n) is 4.16. The molecule has 0 aromatic heterocycles. The highest BCUT2D eigenvalue weighted by molar-refractivity contribution is 6.10. The molecule has 0 unspecified atom stereocenters. The first-order chi connectivity index (χ1) is 6.31. The zero-order valence-corrected chi connectivity index (χ0v) is 7.32. The summed E-state index contributed by atoms with van der Waals surface area (Å²) in [6.07, 6.45) is 3.32. The summed E-state index contributed by atoms with van der Waals surface area (Å²) >= 11 is 0. The largest absolute Gasteiger partial charge is 0.320 e. The molecule has 0 atom stereocenters. The van der Waals surface area contributed by atoms with Crippen LogP contribution in [-0.2, 0) is 4.79 Å². The molecule has 5 heteroatoms. The molecule has 0 bridgehead atoms. The molecule has 0 saturated carbocycles. The van der Waals surface area contributed by atoms with Crippen LogP contribution < -0.4 is 5.32 Å². The lowest BCUT2D eigenvalue weighted by Crippen LogP contribution is -2.43. The summed E-state index contributed by atoms with van der Waals surface area (Å²) in [6.45, 7) is 3.01. The van der Waals surface area contributed by atoms with Crippen LogP contribution in [0.25, 0.3) is 0 Å². The van der Waals surface area contributed by atoms with Crippen molar-refractivity contribution in [1.29, 1.82) is 0 Å². The number of fused-ring (bicyclic) bond motifs is 1. The molecule has 0 fully saturated rings. The van der Waals surface area contributed by atoms with Crippen molar-refractivity contribution in [2.45, 2.75) is 6.92 Å². The molecule has 2 aliphatic heterocycles. The average molecular weight is 178 g/mol. The normalized spacial score (nSPS) is 20.4. The molecule has 13 heavy (non-hydrogen) atoms. The van der Waals surface area contributed by atoms with E-state index >= 15 is 0 Å². The number of nitrogens with zero attached hydrogens (tertiary/aromatic N) is 3. The fourth-order valence-electron chi connectivity index (χ4n) is 1.29. The van der Waals surface area contributed by atoms with Crippen LogP contribution >= 0.6 is 0 Å². The van der Waals surface area contributed by atoms with Crippen molar-refractivity contribution in [3.63, 3.8) is 0 Å². The van der Waals surface area contributed by atoms with Gasteiger partial charge in [-0.15, -0.1) is 0 Å². The lowest BCUT2D eigenvalue weighted by molar-refractivity contribution is -0.119. The molecule has 5 nitrogen and oxygen atoms in total. The molecule has 2 aliphatic rings. The molecular formula is C8H10N4O. The maximum Gasteiger partial charge on any atom is 0.246 e. The van der Waals surface area contributed by atoms with Crippen LogP contribution in [0.2, 0.25) is 0 Å². The summed E-state index contributed by atoms with van der Waals surface area (Å²) in [6, 6.07) is 0. The van der Waals surface area contributed by atoms with Crippen LogP contribution in [0, 0.1) is 0 Å². The van der Waals surface area contributed by atoms with E-state index in [0.717, 1.165) is 12.4 Å². The number of amides is 1. The molecule has 0 saturated heterocycles. The molecular weight excluding hydrogens is 168 g/mol. The van der Waals surface area contributed by atoms with E-state index in [2.05, 4.69) is 15.3 Å². The Morgan fingerprint density at radius 3 is 3.31 bits per heavy atom. The number of aliphatic imine (C=N–C) groups is 2. The Kier molecular flexibility index (Phi) is 1.84. The van der Waals surface area contributed by atoms with Gasteiger partial charge in [0, 0.05) is 6.54 Å². The van der Waals surface area contributed by atoms with Gasteiger partial charge in [0.2, 0.25) is 5.91 Å². The highest BCUT2D eigenvalue weighted by Gasteiger charge is 2.22. The number of rotatable bonds is 1. The van der Waals surface area contributed by atoms with Crippen LogP contribution in [0.4, 0.5) is 0 Å². The molecule has 2 rings (SSSR count). The Morgan fingerprint density at radius 2 is 2.54 bits per heavy atom. The number of hydrogen-bond acceptors (Lipinski definition) is 4. The van der Waals surface area contributed by atoms with Gasteiger partial charge in [-0.3, -0.25) is 9.79 Å². The minimum Gasteiger partial charge on any atom is -0.320 e. The van der Waals surface area contributed by atoms with Crippen molar-refractivity contribution in [1.82, 2.24) is 10.2 Å². The van der Waals surface area contributed by atoms with Crippen LogP contribution in [-0.4, -0.2) is 36.1 Å². The molecule has 0 radical (unpaired) electrons. The number of nitrogens with one attached hydrogen (secondary N) is 1. The van der Waals surface area contributed by atoms with Crippen LogP contribution in [0.1, 0.15) is 6.92 Å². The predicted octanol–water partition coefficient (Wildman–Crippen LogP) is -0.280. The fraction of sp³-hybridized carbons (Fsp3) is 0.375. The summed E-state index contributed by atoms with van der Waals surface area (Å²) in [5.41, 5.74) is 0.695. The summed E-state index contributed by atoms with van der Waals surface area (Å²) in [5.74, 6) is 0.722. The fourth-order valence-corrected chi connectivity index (χ4v) is 1.29. The summed E-state index contributed by atoms with van der Waals surface area (Å²) in [4.78, 5) is 21.0. The molecule has 1 amide bonds. The molecule has 0 spiro atoms. The third-order valence-electron chi connectivity index (χ3n) is 1.91. The van der Waals surface area contributed by atoms with Gasteiger partial charge in [-0.05, 0) is 6.92 Å². The van der Waals surface area contributed by atoms with Gasteiger partial charge in [-0.2, -0.15) is 0 Å². The van der Waals surface area contributed by atoms with Crippen LogP contribution in [0.5, 0.6) is 0 Å². The number of carbonyl (C=O) groups is 1. The smallest absolute Gasteiger partial charge is 0.246 e. The van der Waals surface area contributed by atoms with Gasteiger partial charge < -0.3 is 10.2 Å². The summed E-state index contributed by atoms with van der Waals surface area (Å²) in [7, 11) is 0. The number of likely N-dealkylation sites (N-methyl/N-ethyl adjacent to an activating group) is 1. The quantitative estimate of drug-likeness (QED) is 0.600. The maximum atomic E-state index is 11.0. The van der Waals surface area contributed by atoms with E-state index in [0.29, 0.717) is 5.70 Å². The molecule has 0 aromatic rings. The van der Waals surface area contributed by atoms with Crippen LogP contribution in [0.15, 0.2) is 21.9 Å². The van der Waals surface area contributed by atoms with Gasteiger partial charge in [-0.1, -0.05) is 0 Å². The van der Waals surface area contributed by atoms with Crippen LogP contribution in [0.3, 0.4) is 0 Å². The van der Waals surface area contributed by atoms with E-state index in [-0.39, 0.29) is 12.5 Å². The Hall–Kier alpha value is -1.65. The van der Waals surface area contributed by atoms with E-state index in [1.807, 2.05) is 11.8 Å². The van der Waals surface area contributed by atoms with E-state index in [9.17, 15) is 4.79 Å². The Bertz CT molecular complexity index is 329. The number of hydrogen-bond donors (Lipinski definition) is 1. The van der Waals surface area contributed by atoms with E-state index in [1.54, 1.807) is 12.5 Å². The third-order valence-corrected chi connectivity index (χ3v) is 1.91. The van der Waals surface area contributed by atoms with Gasteiger partial charge in [0.1, 0.15) is 12.2 Å². The average Bonchev–Trinajstić information content (AvgIpc) is 2.16. The summed E-state index contributed by atoms with van der Waals surface area (Å²) < 4.78 is 0. The lowest BCUT2D eigenvalue weighted by Gasteiger charge is -2.26. The molecule has 1 N–H and O–H groups in total. The number of carbonyl (C=O) groups excluding carboxylic acids is 1. The van der Waals surface area contributed by atoms with E-state index < -0.39 is 0 Å². The van der Waals surface area contributed by atoms with Crippen molar-refractivity contribution in [2.24, 2.45) is 9.98 Å². The SMILES string of the molecule is CCN1C=NC=C2NC(=O)CN=C21. The lowest BCUT2D eigenvalue weighted by atomic mass is 10.3. The predicted molar refractivity (Wildman–Crippen MR) is 49.4 cm³/mol. The monoisotopic (exact) mass is 178 g/mol. The first-order valence-corrected chi connectivity index (χ1v) is 4.16. The zero-order chi connectivity index (χ0) is 9.26. The van der Waals surface area contributed by atoms with Gasteiger partial charge in [0.05, 0.1) is 12.5 Å². The topological polar surface area (TPSA) is 57.1 Å². The van der Waals surface area contributed by atoms with Crippen molar-refractivity contribution in [3.05, 3.63) is 11.9 Å². The Balaban J connectivity index is 2.33. The summed E-state index contributed by atoms with van der Waals surface area (Å²) in [5, 5.41) is 2.72. The van der Waals surface area contributed by atoms with Crippen molar-refractivity contribution in [2.75, 3.05) is 13.1 Å². The second-order valence-corrected chi connectivity index (χ2v) is 2.78. The third kappa shape index (κ3) is 1.32. The van der Waals surface area contributed by atoms with Gasteiger partial charge in [0.25, 0.3) is 0 Å². The van der Waals surface area contributed by atoms with E-state index in [4.69, 9.17) is 0 Å². The standard InChI is InChI=1S/C8H10N4O/c1-2-12-5-9-3-6-8(12)10-4-7(13)11-6/h3,5H,2,4H2,1H3,(H,11,13). The van der Waals surface area contributed by atoms with Gasteiger partial charge >= 0.3 is 0 Å². The molecule has 68 valence electrons. The molecule has 0 aromatic carbocycles. The number of amidine groups is 1. The Labute approximate surface area is 75.9 Å². The minimum absolute atomic E-state index is 0.0804. The minimum atomic E-state index is -0.0804. The maximum absolute atomic E-state index is 11.0. The van der Waals surface area contributed by atoms with E-state index in [1.165, 1.54) is 0 Å². The molecule has 2 heterocycles. The van der Waals surface area contributed by atoms with Crippen molar-refractivity contribution < 1.29 is 4.79 Å². The highest BCUT2D eigenvalue weighted by Crippen LogP contribution is 2.08. The van der Waals surface area contributed by atoms with Gasteiger partial charge in [0.15, 0.2) is 5.84 Å². The van der Waals surface area contributed by atoms with Gasteiger partial charge in [-0.25, -0.2) is 4.99 Å².